The zero-order valence-corrected chi connectivity index (χ0v) is 29.5. The van der Waals surface area contributed by atoms with Crippen molar-refractivity contribution in [1.82, 2.24) is 14.9 Å². The number of aliphatic hydroxyl groups excluding tert-OH is 1. The molecule has 5 N–H and O–H groups in total. The topological polar surface area (TPSA) is 155 Å². The second-order valence-corrected chi connectivity index (χ2v) is 13.4. The van der Waals surface area contributed by atoms with Gasteiger partial charge in [0.1, 0.15) is 0 Å². The molecule has 4 aromatic rings. The zero-order valence-electron chi connectivity index (χ0n) is 29.5. The Kier molecular flexibility index (Phi) is 13.2. The Labute approximate surface area is 305 Å². The highest BCUT2D eigenvalue weighted by Crippen LogP contribution is 2.39. The standard InChI is InChI=1S/C40H49N7O5/c41-34-11-5-6-12-35(34)45-38(50)14-4-2-1-3-13-37(49)44-32-10-7-9-31(25-32)39-51-33(26-36(52-39)30-17-15-29(28-48)16-18-30)27-46-21-23-47(24-22-46)40-42-19-8-20-43-40/h5-12,15-20,25,33,36,39,48H,1-4,13-14,21-24,26-28,41H2,(H,44,49)(H,45,50)/t33-,36+,39+/m0/s1. The van der Waals surface area contributed by atoms with E-state index in [9.17, 15) is 14.7 Å². The number of nitrogens with one attached hydrogen (secondary N) is 2. The van der Waals surface area contributed by atoms with E-state index in [1.807, 2.05) is 66.7 Å². The number of carbonyl (C=O) groups excluding carboxylic acids is 2. The lowest BCUT2D eigenvalue weighted by molar-refractivity contribution is -0.253. The number of unbranched alkanes of at least 4 members (excludes halogenated alkanes) is 3. The fourth-order valence-electron chi connectivity index (χ4n) is 6.64. The van der Waals surface area contributed by atoms with Crippen LogP contribution in [0.3, 0.4) is 0 Å². The number of piperazine rings is 1. The monoisotopic (exact) mass is 707 g/mol. The SMILES string of the molecule is Nc1ccccc1NC(=O)CCCCCCC(=O)Nc1cccc([C@@H]2O[C@H](CN3CCN(c4ncccn4)CC3)C[C@H](c3ccc(CO)cc3)O2)c1. The summed E-state index contributed by atoms with van der Waals surface area (Å²) in [5.41, 5.74) is 10.5. The second-order valence-electron chi connectivity index (χ2n) is 13.4. The number of ether oxygens (including phenoxy) is 2. The molecule has 1 aromatic heterocycles. The zero-order chi connectivity index (χ0) is 36.1. The minimum atomic E-state index is -0.618. The molecule has 0 unspecified atom stereocenters. The molecule has 0 saturated carbocycles. The molecular weight excluding hydrogens is 658 g/mol. The predicted molar refractivity (Wildman–Crippen MR) is 201 cm³/mol. The van der Waals surface area contributed by atoms with Crippen molar-refractivity contribution in [2.24, 2.45) is 0 Å². The number of para-hydroxylation sites is 2. The number of nitrogens with two attached hydrogens (primary N) is 1. The van der Waals surface area contributed by atoms with Crippen LogP contribution in [0, 0.1) is 0 Å². The second kappa shape index (κ2) is 18.6. The van der Waals surface area contributed by atoms with E-state index in [4.69, 9.17) is 15.2 Å². The maximum atomic E-state index is 12.9. The van der Waals surface area contributed by atoms with E-state index in [2.05, 4.69) is 30.4 Å². The molecule has 0 aliphatic carbocycles. The van der Waals surface area contributed by atoms with Crippen LogP contribution in [0.15, 0.2) is 91.3 Å². The normalized spacial score (nSPS) is 19.2. The van der Waals surface area contributed by atoms with Crippen LogP contribution in [-0.2, 0) is 25.7 Å². The largest absolute Gasteiger partial charge is 0.397 e. The summed E-state index contributed by atoms with van der Waals surface area (Å²) in [4.78, 5) is 38.6. The first-order valence-corrected chi connectivity index (χ1v) is 18.2. The van der Waals surface area contributed by atoms with Crippen molar-refractivity contribution < 1.29 is 24.2 Å². The lowest BCUT2D eigenvalue weighted by atomic mass is 9.99. The van der Waals surface area contributed by atoms with Gasteiger partial charge in [-0.3, -0.25) is 14.5 Å². The molecule has 3 heterocycles. The molecule has 0 spiro atoms. The van der Waals surface area contributed by atoms with Gasteiger partial charge >= 0.3 is 0 Å². The van der Waals surface area contributed by atoms with Crippen LogP contribution in [0.4, 0.5) is 23.0 Å². The Balaban J connectivity index is 0.998. The summed E-state index contributed by atoms with van der Waals surface area (Å²) in [5.74, 6) is 0.644. The Morgan fingerprint density at radius 3 is 2.21 bits per heavy atom. The average molecular weight is 708 g/mol. The van der Waals surface area contributed by atoms with Gasteiger partial charge in [0.05, 0.1) is 30.2 Å². The fraction of sp³-hybridized carbons (Fsp3) is 0.400. The van der Waals surface area contributed by atoms with Crippen LogP contribution in [0.1, 0.15) is 74.0 Å². The summed E-state index contributed by atoms with van der Waals surface area (Å²) in [5, 5.41) is 15.5. The highest BCUT2D eigenvalue weighted by molar-refractivity contribution is 5.93. The van der Waals surface area contributed by atoms with Crippen molar-refractivity contribution in [3.63, 3.8) is 0 Å². The van der Waals surface area contributed by atoms with Gasteiger partial charge in [0.15, 0.2) is 6.29 Å². The fourth-order valence-corrected chi connectivity index (χ4v) is 6.64. The summed E-state index contributed by atoms with van der Waals surface area (Å²) in [6.45, 7) is 4.18. The van der Waals surface area contributed by atoms with Gasteiger partial charge < -0.3 is 35.8 Å². The van der Waals surface area contributed by atoms with Crippen molar-refractivity contribution in [1.29, 1.82) is 0 Å². The molecule has 0 radical (unpaired) electrons. The molecule has 3 atom stereocenters. The number of nitrogen functional groups attached to an aromatic ring is 1. The number of carbonyl (C=O) groups is 2. The average Bonchev–Trinajstić information content (AvgIpc) is 3.18. The molecule has 2 fully saturated rings. The van der Waals surface area contributed by atoms with Crippen LogP contribution in [0.2, 0.25) is 0 Å². The van der Waals surface area contributed by atoms with Gasteiger partial charge in [-0.2, -0.15) is 0 Å². The van der Waals surface area contributed by atoms with Crippen LogP contribution in [0.25, 0.3) is 0 Å². The molecule has 12 heteroatoms. The number of benzene rings is 3. The van der Waals surface area contributed by atoms with Crippen molar-refractivity contribution in [3.8, 4) is 0 Å². The molecule has 6 rings (SSSR count). The minimum absolute atomic E-state index is 0.0111. The Morgan fingerprint density at radius 1 is 0.788 bits per heavy atom. The smallest absolute Gasteiger partial charge is 0.225 e. The van der Waals surface area contributed by atoms with Gasteiger partial charge in [0, 0.05) is 75.6 Å². The quantitative estimate of drug-likeness (QED) is 0.0876. The molecule has 3 aromatic carbocycles. The summed E-state index contributed by atoms with van der Waals surface area (Å²) in [7, 11) is 0. The van der Waals surface area contributed by atoms with Gasteiger partial charge in [0.2, 0.25) is 17.8 Å². The number of aliphatic hydroxyl groups is 1. The number of nitrogens with zero attached hydrogens (tertiary/aromatic N) is 4. The van der Waals surface area contributed by atoms with E-state index in [-0.39, 0.29) is 30.6 Å². The summed E-state index contributed by atoms with van der Waals surface area (Å²) < 4.78 is 13.2. The third kappa shape index (κ3) is 10.6. The Morgan fingerprint density at radius 2 is 1.50 bits per heavy atom. The minimum Gasteiger partial charge on any atom is -0.397 e. The van der Waals surface area contributed by atoms with E-state index >= 15 is 0 Å². The van der Waals surface area contributed by atoms with E-state index in [1.54, 1.807) is 24.5 Å². The molecule has 2 amide bonds. The third-order valence-electron chi connectivity index (χ3n) is 9.52. The number of hydrogen-bond acceptors (Lipinski definition) is 10. The lowest BCUT2D eigenvalue weighted by Gasteiger charge is -2.40. The molecule has 12 nitrogen and oxygen atoms in total. The maximum Gasteiger partial charge on any atom is 0.225 e. The maximum absolute atomic E-state index is 12.9. The number of anilines is 4. The third-order valence-corrected chi connectivity index (χ3v) is 9.52. The van der Waals surface area contributed by atoms with Gasteiger partial charge in [-0.15, -0.1) is 0 Å². The van der Waals surface area contributed by atoms with E-state index in [1.165, 1.54) is 0 Å². The van der Waals surface area contributed by atoms with Crippen molar-refractivity contribution in [2.75, 3.05) is 54.0 Å². The van der Waals surface area contributed by atoms with Crippen LogP contribution in [-0.4, -0.2) is 70.6 Å². The molecule has 274 valence electrons. The Hall–Kier alpha value is -4.88. The van der Waals surface area contributed by atoms with Crippen molar-refractivity contribution in [3.05, 3.63) is 108 Å². The Bertz CT molecular complexity index is 1730. The first-order chi connectivity index (χ1) is 25.4. The van der Waals surface area contributed by atoms with E-state index in [0.717, 1.165) is 81.0 Å². The van der Waals surface area contributed by atoms with Crippen molar-refractivity contribution >= 4 is 34.8 Å². The van der Waals surface area contributed by atoms with E-state index < -0.39 is 6.29 Å². The number of amides is 2. The summed E-state index contributed by atoms with van der Waals surface area (Å²) in [6.07, 6.45) is 7.35. The van der Waals surface area contributed by atoms with Crippen molar-refractivity contribution in [2.45, 2.75) is 70.1 Å². The highest BCUT2D eigenvalue weighted by atomic mass is 16.7. The molecule has 2 aliphatic heterocycles. The molecule has 52 heavy (non-hydrogen) atoms. The van der Waals surface area contributed by atoms with Crippen LogP contribution < -0.4 is 21.3 Å². The molecular formula is C40H49N7O5. The number of hydrogen-bond donors (Lipinski definition) is 4. The number of rotatable bonds is 15. The predicted octanol–water partition coefficient (Wildman–Crippen LogP) is 5.84. The first kappa shape index (κ1) is 36.9. The first-order valence-electron chi connectivity index (χ1n) is 18.2. The van der Waals surface area contributed by atoms with Gasteiger partial charge in [-0.25, -0.2) is 9.97 Å². The molecule has 0 bridgehead atoms. The van der Waals surface area contributed by atoms with Crippen LogP contribution in [0.5, 0.6) is 0 Å². The van der Waals surface area contributed by atoms with E-state index in [0.29, 0.717) is 36.3 Å². The molecule has 2 aliphatic rings. The highest BCUT2D eigenvalue weighted by Gasteiger charge is 2.34. The number of aromatic nitrogens is 2. The summed E-state index contributed by atoms with van der Waals surface area (Å²) >= 11 is 0. The van der Waals surface area contributed by atoms with Gasteiger partial charge in [-0.05, 0) is 54.3 Å². The summed E-state index contributed by atoms with van der Waals surface area (Å²) in [6, 6.07) is 24.6. The van der Waals surface area contributed by atoms with Crippen LogP contribution >= 0.6 is 0 Å². The van der Waals surface area contributed by atoms with Gasteiger partial charge in [0.25, 0.3) is 0 Å². The lowest BCUT2D eigenvalue weighted by Crippen LogP contribution is -2.50. The van der Waals surface area contributed by atoms with Gasteiger partial charge in [-0.1, -0.05) is 61.4 Å². The molecule has 2 saturated heterocycles.